The molecular weight excluding hydrogens is 292 g/mol. The molecule has 1 rings (SSSR count). The van der Waals surface area contributed by atoms with Crippen molar-refractivity contribution in [3.63, 3.8) is 0 Å². The van der Waals surface area contributed by atoms with E-state index in [2.05, 4.69) is 11.0 Å². The van der Waals surface area contributed by atoms with Crippen LogP contribution in [0.5, 0.6) is 0 Å². The standard InChI is InChI=1S/C14H24N2O2S2/c1-19-10-5-3-2-4-9-16-20(17,18)14-8-6-7-13(11-14)12-15/h6-8,11,16H,2-5,9-10,12,15H2,1H3. The molecule has 0 saturated heterocycles. The minimum atomic E-state index is -3.40. The van der Waals surface area contributed by atoms with E-state index in [9.17, 15) is 8.42 Å². The molecule has 0 fully saturated rings. The number of thioether (sulfide) groups is 1. The highest BCUT2D eigenvalue weighted by atomic mass is 32.2. The summed E-state index contributed by atoms with van der Waals surface area (Å²) in [7, 11) is -3.40. The number of rotatable bonds is 10. The van der Waals surface area contributed by atoms with Crippen LogP contribution in [0, 0.1) is 0 Å². The van der Waals surface area contributed by atoms with Gasteiger partial charge >= 0.3 is 0 Å². The average molecular weight is 316 g/mol. The summed E-state index contributed by atoms with van der Waals surface area (Å²) in [5.74, 6) is 1.18. The predicted octanol–water partition coefficient (Wildman–Crippen LogP) is 2.35. The number of nitrogens with two attached hydrogens (primary N) is 1. The zero-order valence-electron chi connectivity index (χ0n) is 12.0. The minimum absolute atomic E-state index is 0.294. The molecule has 0 heterocycles. The molecule has 0 saturated carbocycles. The molecular formula is C14H24N2O2S2. The van der Waals surface area contributed by atoms with E-state index in [1.807, 2.05) is 17.8 Å². The van der Waals surface area contributed by atoms with Crippen LogP contribution in [0.4, 0.5) is 0 Å². The van der Waals surface area contributed by atoms with Gasteiger partial charge in [0.25, 0.3) is 0 Å². The molecule has 0 aromatic heterocycles. The molecule has 1 aromatic rings. The van der Waals surface area contributed by atoms with E-state index >= 15 is 0 Å². The van der Waals surface area contributed by atoms with Crippen molar-refractivity contribution in [3.8, 4) is 0 Å². The lowest BCUT2D eigenvalue weighted by Gasteiger charge is -2.08. The third-order valence-corrected chi connectivity index (χ3v) is 5.17. The molecule has 1 aromatic carbocycles. The van der Waals surface area contributed by atoms with Gasteiger partial charge in [0, 0.05) is 13.1 Å². The summed E-state index contributed by atoms with van der Waals surface area (Å²) in [6.07, 6.45) is 6.40. The molecule has 0 aliphatic heterocycles. The fourth-order valence-corrected chi connectivity index (χ4v) is 3.49. The Kier molecular flexibility index (Phi) is 8.21. The molecule has 0 bridgehead atoms. The van der Waals surface area contributed by atoms with E-state index in [-0.39, 0.29) is 0 Å². The van der Waals surface area contributed by atoms with Gasteiger partial charge in [0.2, 0.25) is 10.0 Å². The summed E-state index contributed by atoms with van der Waals surface area (Å²) in [6, 6.07) is 6.77. The number of benzene rings is 1. The van der Waals surface area contributed by atoms with Gasteiger partial charge in [-0.15, -0.1) is 0 Å². The van der Waals surface area contributed by atoms with Crippen molar-refractivity contribution in [3.05, 3.63) is 29.8 Å². The Labute approximate surface area is 126 Å². The Bertz CT molecular complexity index is 490. The van der Waals surface area contributed by atoms with E-state index in [0.717, 1.165) is 24.8 Å². The first-order valence-corrected chi connectivity index (χ1v) is 9.75. The Hall–Kier alpha value is -0.560. The van der Waals surface area contributed by atoms with Crippen LogP contribution in [0.25, 0.3) is 0 Å². The Morgan fingerprint density at radius 2 is 1.95 bits per heavy atom. The van der Waals surface area contributed by atoms with Gasteiger partial charge in [-0.2, -0.15) is 11.8 Å². The minimum Gasteiger partial charge on any atom is -0.326 e. The fraction of sp³-hybridized carbons (Fsp3) is 0.571. The van der Waals surface area contributed by atoms with Crippen LogP contribution in [0.15, 0.2) is 29.2 Å². The number of nitrogens with one attached hydrogen (secondary N) is 1. The predicted molar refractivity (Wildman–Crippen MR) is 86.4 cm³/mol. The quantitative estimate of drug-likeness (QED) is 0.650. The molecule has 0 atom stereocenters. The molecule has 0 unspecified atom stereocenters. The number of sulfonamides is 1. The van der Waals surface area contributed by atoms with E-state index in [4.69, 9.17) is 5.73 Å². The Morgan fingerprint density at radius 3 is 2.65 bits per heavy atom. The lowest BCUT2D eigenvalue weighted by atomic mass is 10.2. The molecule has 0 spiro atoms. The van der Waals surface area contributed by atoms with Gasteiger partial charge in [-0.3, -0.25) is 0 Å². The highest BCUT2D eigenvalue weighted by molar-refractivity contribution is 7.98. The van der Waals surface area contributed by atoms with Gasteiger partial charge in [0.1, 0.15) is 0 Å². The van der Waals surface area contributed by atoms with Crippen molar-refractivity contribution in [2.24, 2.45) is 5.73 Å². The van der Waals surface area contributed by atoms with Gasteiger partial charge in [-0.25, -0.2) is 13.1 Å². The second-order valence-corrected chi connectivity index (χ2v) is 7.41. The normalized spacial score (nSPS) is 11.7. The Balaban J connectivity index is 2.37. The molecule has 4 nitrogen and oxygen atoms in total. The van der Waals surface area contributed by atoms with Crippen LogP contribution in [0.2, 0.25) is 0 Å². The maximum Gasteiger partial charge on any atom is 0.240 e. The van der Waals surface area contributed by atoms with Crippen molar-refractivity contribution in [2.45, 2.75) is 37.1 Å². The summed E-state index contributed by atoms with van der Waals surface area (Å²) in [5, 5.41) is 0. The smallest absolute Gasteiger partial charge is 0.240 e. The van der Waals surface area contributed by atoms with Crippen LogP contribution < -0.4 is 10.5 Å². The van der Waals surface area contributed by atoms with Crippen LogP contribution in [0.1, 0.15) is 31.2 Å². The molecule has 6 heteroatoms. The summed E-state index contributed by atoms with van der Waals surface area (Å²) in [5.41, 5.74) is 6.35. The fourth-order valence-electron chi connectivity index (χ4n) is 1.85. The highest BCUT2D eigenvalue weighted by Crippen LogP contribution is 2.11. The second-order valence-electron chi connectivity index (χ2n) is 4.66. The SMILES string of the molecule is CSCCCCCCNS(=O)(=O)c1cccc(CN)c1. The number of hydrogen-bond donors (Lipinski definition) is 2. The van der Waals surface area contributed by atoms with Gasteiger partial charge in [-0.1, -0.05) is 25.0 Å². The number of hydrogen-bond acceptors (Lipinski definition) is 4. The van der Waals surface area contributed by atoms with Crippen LogP contribution >= 0.6 is 11.8 Å². The summed E-state index contributed by atoms with van der Waals surface area (Å²) in [4.78, 5) is 0.294. The third kappa shape index (κ3) is 6.26. The molecule has 0 amide bonds. The van der Waals surface area contributed by atoms with E-state index in [1.165, 1.54) is 12.2 Å². The van der Waals surface area contributed by atoms with Crippen LogP contribution in [-0.4, -0.2) is 27.0 Å². The lowest BCUT2D eigenvalue weighted by Crippen LogP contribution is -2.25. The van der Waals surface area contributed by atoms with Gasteiger partial charge < -0.3 is 5.73 Å². The average Bonchev–Trinajstić information content (AvgIpc) is 2.46. The zero-order valence-corrected chi connectivity index (χ0v) is 13.6. The lowest BCUT2D eigenvalue weighted by molar-refractivity contribution is 0.573. The van der Waals surface area contributed by atoms with Gasteiger partial charge in [0.15, 0.2) is 0 Å². The first-order valence-electron chi connectivity index (χ1n) is 6.88. The van der Waals surface area contributed by atoms with Crippen molar-refractivity contribution >= 4 is 21.8 Å². The largest absolute Gasteiger partial charge is 0.326 e. The summed E-state index contributed by atoms with van der Waals surface area (Å²) < 4.78 is 26.8. The maximum absolute atomic E-state index is 12.1. The third-order valence-electron chi connectivity index (χ3n) is 3.01. The monoisotopic (exact) mass is 316 g/mol. The van der Waals surface area contributed by atoms with Crippen LogP contribution in [0.3, 0.4) is 0 Å². The Morgan fingerprint density at radius 1 is 1.20 bits per heavy atom. The molecule has 3 N–H and O–H groups in total. The maximum atomic E-state index is 12.1. The van der Waals surface area contributed by atoms with Crippen molar-refractivity contribution in [1.29, 1.82) is 0 Å². The molecule has 20 heavy (non-hydrogen) atoms. The van der Waals surface area contributed by atoms with Crippen molar-refractivity contribution in [2.75, 3.05) is 18.6 Å². The second kappa shape index (κ2) is 9.39. The van der Waals surface area contributed by atoms with Crippen LogP contribution in [-0.2, 0) is 16.6 Å². The highest BCUT2D eigenvalue weighted by Gasteiger charge is 2.13. The topological polar surface area (TPSA) is 72.2 Å². The van der Waals surface area contributed by atoms with E-state index in [1.54, 1.807) is 18.2 Å². The van der Waals surface area contributed by atoms with Gasteiger partial charge in [-0.05, 0) is 42.5 Å². The molecule has 114 valence electrons. The molecule has 0 radical (unpaired) electrons. The van der Waals surface area contributed by atoms with Crippen molar-refractivity contribution in [1.82, 2.24) is 4.72 Å². The first kappa shape index (κ1) is 17.5. The zero-order chi connectivity index (χ0) is 14.8. The first-order chi connectivity index (χ1) is 9.60. The van der Waals surface area contributed by atoms with Crippen molar-refractivity contribution < 1.29 is 8.42 Å². The van der Waals surface area contributed by atoms with E-state index in [0.29, 0.717) is 18.0 Å². The molecule has 0 aliphatic carbocycles. The summed E-state index contributed by atoms with van der Waals surface area (Å²) in [6.45, 7) is 0.841. The molecule has 0 aliphatic rings. The number of unbranched alkanes of at least 4 members (excludes halogenated alkanes) is 3. The van der Waals surface area contributed by atoms with E-state index < -0.39 is 10.0 Å². The van der Waals surface area contributed by atoms with Gasteiger partial charge in [0.05, 0.1) is 4.90 Å². The summed E-state index contributed by atoms with van der Waals surface area (Å²) >= 11 is 1.85.